The maximum absolute atomic E-state index is 12.2. The molecule has 1 aromatic heterocycles. The highest BCUT2D eigenvalue weighted by Crippen LogP contribution is 2.40. The molecule has 1 spiro atoms. The molecule has 18 heavy (non-hydrogen) atoms. The first-order chi connectivity index (χ1) is 8.69. The lowest BCUT2D eigenvalue weighted by atomic mass is 9.78. The Hall–Kier alpha value is -1.29. The van der Waals surface area contributed by atoms with Crippen LogP contribution in [-0.4, -0.2) is 48.9 Å². The van der Waals surface area contributed by atoms with Crippen molar-refractivity contribution in [2.75, 3.05) is 33.2 Å². The van der Waals surface area contributed by atoms with Crippen LogP contribution >= 0.6 is 0 Å². The first kappa shape index (κ1) is 11.8. The number of furan rings is 1. The van der Waals surface area contributed by atoms with E-state index in [1.165, 1.54) is 12.8 Å². The largest absolute Gasteiger partial charge is 0.459 e. The summed E-state index contributed by atoms with van der Waals surface area (Å²) in [7, 11) is 2.17. The van der Waals surface area contributed by atoms with Crippen molar-refractivity contribution in [1.82, 2.24) is 9.80 Å². The second-order valence-corrected chi connectivity index (χ2v) is 5.76. The molecule has 0 saturated carbocycles. The average molecular weight is 248 g/mol. The molecule has 3 rings (SSSR count). The number of likely N-dealkylation sites (tertiary alicyclic amines) is 2. The molecule has 1 amide bonds. The Bertz CT molecular complexity index is 419. The summed E-state index contributed by atoms with van der Waals surface area (Å²) in [6.45, 7) is 4.09. The molecule has 2 aliphatic heterocycles. The monoisotopic (exact) mass is 248 g/mol. The van der Waals surface area contributed by atoms with E-state index in [4.69, 9.17) is 4.42 Å². The van der Waals surface area contributed by atoms with Crippen LogP contribution in [0, 0.1) is 5.41 Å². The molecule has 98 valence electrons. The van der Waals surface area contributed by atoms with E-state index in [9.17, 15) is 4.79 Å². The van der Waals surface area contributed by atoms with Crippen LogP contribution in [0.2, 0.25) is 0 Å². The Kier molecular flexibility index (Phi) is 2.90. The predicted molar refractivity (Wildman–Crippen MR) is 68.4 cm³/mol. The lowest BCUT2D eigenvalue weighted by Crippen LogP contribution is -2.40. The lowest BCUT2D eigenvalue weighted by Gasteiger charge is -2.37. The molecule has 0 unspecified atom stereocenters. The number of piperidine rings is 1. The maximum atomic E-state index is 12.2. The van der Waals surface area contributed by atoms with Crippen LogP contribution in [0.25, 0.3) is 0 Å². The van der Waals surface area contributed by atoms with Crippen molar-refractivity contribution in [3.8, 4) is 0 Å². The Morgan fingerprint density at radius 2 is 2.00 bits per heavy atom. The second kappa shape index (κ2) is 4.43. The van der Waals surface area contributed by atoms with Gasteiger partial charge < -0.3 is 14.2 Å². The van der Waals surface area contributed by atoms with E-state index >= 15 is 0 Å². The van der Waals surface area contributed by atoms with E-state index in [0.717, 1.165) is 32.6 Å². The van der Waals surface area contributed by atoms with Crippen molar-refractivity contribution in [2.45, 2.75) is 19.3 Å². The van der Waals surface area contributed by atoms with Crippen molar-refractivity contribution < 1.29 is 9.21 Å². The zero-order valence-corrected chi connectivity index (χ0v) is 10.9. The number of hydrogen-bond donors (Lipinski definition) is 0. The van der Waals surface area contributed by atoms with Crippen LogP contribution in [0.1, 0.15) is 29.8 Å². The van der Waals surface area contributed by atoms with Gasteiger partial charge in [-0.25, -0.2) is 0 Å². The highest BCUT2D eigenvalue weighted by Gasteiger charge is 2.41. The number of hydrogen-bond acceptors (Lipinski definition) is 3. The van der Waals surface area contributed by atoms with E-state index in [0.29, 0.717) is 11.2 Å². The van der Waals surface area contributed by atoms with Crippen LogP contribution in [0.3, 0.4) is 0 Å². The van der Waals surface area contributed by atoms with Crippen LogP contribution in [-0.2, 0) is 0 Å². The molecule has 0 atom stereocenters. The highest BCUT2D eigenvalue weighted by molar-refractivity contribution is 5.91. The van der Waals surface area contributed by atoms with Gasteiger partial charge in [0.2, 0.25) is 0 Å². The summed E-state index contributed by atoms with van der Waals surface area (Å²) in [5, 5.41) is 0. The van der Waals surface area contributed by atoms with Gasteiger partial charge in [0.25, 0.3) is 5.91 Å². The van der Waals surface area contributed by atoms with E-state index in [-0.39, 0.29) is 5.91 Å². The molecule has 2 aliphatic rings. The van der Waals surface area contributed by atoms with Gasteiger partial charge in [-0.3, -0.25) is 4.79 Å². The summed E-state index contributed by atoms with van der Waals surface area (Å²) in [6, 6.07) is 3.52. The summed E-state index contributed by atoms with van der Waals surface area (Å²) in [5.41, 5.74) is 0.370. The van der Waals surface area contributed by atoms with Gasteiger partial charge >= 0.3 is 0 Å². The third-order valence-electron chi connectivity index (χ3n) is 4.51. The van der Waals surface area contributed by atoms with Crippen molar-refractivity contribution in [1.29, 1.82) is 0 Å². The molecule has 0 N–H and O–H groups in total. The molecule has 0 bridgehead atoms. The molecular weight excluding hydrogens is 228 g/mol. The van der Waals surface area contributed by atoms with Crippen molar-refractivity contribution in [2.24, 2.45) is 5.41 Å². The average Bonchev–Trinajstić information content (AvgIpc) is 3.03. The van der Waals surface area contributed by atoms with Crippen LogP contribution in [0.15, 0.2) is 22.8 Å². The summed E-state index contributed by atoms with van der Waals surface area (Å²) in [6.07, 6.45) is 5.14. The summed E-state index contributed by atoms with van der Waals surface area (Å²) in [5.74, 6) is 0.524. The predicted octanol–water partition coefficient (Wildman–Crippen LogP) is 1.84. The van der Waals surface area contributed by atoms with E-state index in [2.05, 4.69) is 11.9 Å². The van der Waals surface area contributed by atoms with E-state index in [1.54, 1.807) is 18.4 Å². The van der Waals surface area contributed by atoms with Gasteiger partial charge in [0, 0.05) is 13.1 Å². The zero-order chi connectivity index (χ0) is 12.6. The Morgan fingerprint density at radius 3 is 2.67 bits per heavy atom. The van der Waals surface area contributed by atoms with Gasteiger partial charge in [-0.05, 0) is 56.9 Å². The minimum atomic E-state index is 0.0517. The highest BCUT2D eigenvalue weighted by atomic mass is 16.3. The zero-order valence-electron chi connectivity index (χ0n) is 10.9. The third-order valence-corrected chi connectivity index (χ3v) is 4.51. The Labute approximate surface area is 108 Å². The third kappa shape index (κ3) is 2.05. The smallest absolute Gasteiger partial charge is 0.289 e. The number of amides is 1. The fraction of sp³-hybridized carbons (Fsp3) is 0.643. The standard InChI is InChI=1S/C14H20N2O2/c1-15-7-4-14(5-8-15)6-9-16(11-14)13(17)12-3-2-10-18-12/h2-3,10H,4-9,11H2,1H3. The van der Waals surface area contributed by atoms with Gasteiger partial charge in [-0.15, -0.1) is 0 Å². The minimum Gasteiger partial charge on any atom is -0.459 e. The molecule has 0 radical (unpaired) electrons. The normalized spacial score (nSPS) is 23.7. The SMILES string of the molecule is CN1CCC2(CC1)CCN(C(=O)c1ccco1)C2. The molecule has 2 fully saturated rings. The number of nitrogens with zero attached hydrogens (tertiary/aromatic N) is 2. The molecule has 2 saturated heterocycles. The maximum Gasteiger partial charge on any atom is 0.289 e. The first-order valence-corrected chi connectivity index (χ1v) is 6.70. The van der Waals surface area contributed by atoms with Gasteiger partial charge in [0.15, 0.2) is 5.76 Å². The quantitative estimate of drug-likeness (QED) is 0.761. The molecule has 0 aromatic carbocycles. The number of carbonyl (C=O) groups excluding carboxylic acids is 1. The van der Waals surface area contributed by atoms with Crippen LogP contribution < -0.4 is 0 Å². The van der Waals surface area contributed by atoms with Crippen LogP contribution in [0.5, 0.6) is 0 Å². The van der Waals surface area contributed by atoms with Crippen molar-refractivity contribution in [3.05, 3.63) is 24.2 Å². The summed E-state index contributed by atoms with van der Waals surface area (Å²) < 4.78 is 5.20. The van der Waals surface area contributed by atoms with Crippen molar-refractivity contribution in [3.63, 3.8) is 0 Å². The van der Waals surface area contributed by atoms with Gasteiger partial charge in [-0.1, -0.05) is 0 Å². The Morgan fingerprint density at radius 1 is 1.28 bits per heavy atom. The summed E-state index contributed by atoms with van der Waals surface area (Å²) in [4.78, 5) is 16.6. The van der Waals surface area contributed by atoms with Crippen molar-refractivity contribution >= 4 is 5.91 Å². The molecule has 3 heterocycles. The Balaban J connectivity index is 1.66. The molecule has 1 aromatic rings. The second-order valence-electron chi connectivity index (χ2n) is 5.76. The van der Waals surface area contributed by atoms with E-state index < -0.39 is 0 Å². The number of rotatable bonds is 1. The molecule has 0 aliphatic carbocycles. The van der Waals surface area contributed by atoms with Crippen LogP contribution in [0.4, 0.5) is 0 Å². The first-order valence-electron chi connectivity index (χ1n) is 6.70. The topological polar surface area (TPSA) is 36.7 Å². The van der Waals surface area contributed by atoms with Gasteiger partial charge in [-0.2, -0.15) is 0 Å². The summed E-state index contributed by atoms with van der Waals surface area (Å²) >= 11 is 0. The number of carbonyl (C=O) groups is 1. The molecule has 4 nitrogen and oxygen atoms in total. The van der Waals surface area contributed by atoms with E-state index in [1.807, 2.05) is 4.90 Å². The molecule has 4 heteroatoms. The lowest BCUT2D eigenvalue weighted by molar-refractivity contribution is 0.0706. The minimum absolute atomic E-state index is 0.0517. The molecular formula is C14H20N2O2. The van der Waals surface area contributed by atoms with Gasteiger partial charge in [0.05, 0.1) is 6.26 Å². The fourth-order valence-corrected chi connectivity index (χ4v) is 3.17. The van der Waals surface area contributed by atoms with Gasteiger partial charge in [0.1, 0.15) is 0 Å². The fourth-order valence-electron chi connectivity index (χ4n) is 3.17.